The summed E-state index contributed by atoms with van der Waals surface area (Å²) in [4.78, 5) is 25.5. The van der Waals surface area contributed by atoms with Crippen LogP contribution in [0.1, 0.15) is 6.92 Å². The van der Waals surface area contributed by atoms with Gasteiger partial charge >= 0.3 is 0 Å². The fourth-order valence-corrected chi connectivity index (χ4v) is 2.50. The third-order valence-corrected chi connectivity index (χ3v) is 4.07. The van der Waals surface area contributed by atoms with Crippen LogP contribution in [0.3, 0.4) is 0 Å². The molecule has 0 aliphatic carbocycles. The van der Waals surface area contributed by atoms with Crippen LogP contribution in [0.15, 0.2) is 60.3 Å². The van der Waals surface area contributed by atoms with Gasteiger partial charge in [-0.2, -0.15) is 0 Å². The molecule has 1 amide bonds. The maximum atomic E-state index is 11.9. The second-order valence-electron chi connectivity index (χ2n) is 5.81. The fraction of sp³-hybridized carbons (Fsp3) is 0.150. The Morgan fingerprint density at radius 2 is 1.93 bits per heavy atom. The van der Waals surface area contributed by atoms with Crippen LogP contribution in [-0.4, -0.2) is 28.6 Å². The Balaban J connectivity index is 1.57. The smallest absolute Gasteiger partial charge is 0.284 e. The first-order valence-electron chi connectivity index (χ1n) is 8.59. The van der Waals surface area contributed by atoms with Crippen molar-refractivity contribution < 1.29 is 19.1 Å². The molecule has 0 bridgehead atoms. The molecular formula is C20H17Cl2N3O4. The number of amides is 1. The number of aromatic nitrogens is 2. The van der Waals surface area contributed by atoms with Crippen LogP contribution in [0, 0.1) is 0 Å². The highest BCUT2D eigenvalue weighted by Crippen LogP contribution is 2.24. The average Bonchev–Trinajstić information content (AvgIpc) is 2.72. The zero-order valence-electron chi connectivity index (χ0n) is 15.3. The first kappa shape index (κ1) is 20.9. The van der Waals surface area contributed by atoms with Gasteiger partial charge in [-0.25, -0.2) is 15.4 Å². The number of nitrogens with zero attached hydrogens (tertiary/aromatic N) is 2. The lowest BCUT2D eigenvalue weighted by atomic mass is 10.3. The minimum Gasteiger partial charge on any atom is -0.481 e. The SMILES string of the molecule is C[C@@H](Oc1ccc(Oc2cnc3cc(Cl)ccc3n2)cc1)C(=O)NOC/C=C/Cl. The first-order chi connectivity index (χ1) is 14.0. The number of nitrogens with one attached hydrogen (secondary N) is 1. The normalized spacial score (nSPS) is 12.1. The second kappa shape index (κ2) is 10.1. The Hall–Kier alpha value is -2.87. The van der Waals surface area contributed by atoms with Crippen molar-refractivity contribution in [2.45, 2.75) is 13.0 Å². The summed E-state index contributed by atoms with van der Waals surface area (Å²) in [6, 6.07) is 12.0. The number of halogens is 2. The molecule has 0 aliphatic rings. The molecule has 1 heterocycles. The monoisotopic (exact) mass is 433 g/mol. The van der Waals surface area contributed by atoms with Crippen molar-refractivity contribution in [2.75, 3.05) is 6.61 Å². The summed E-state index contributed by atoms with van der Waals surface area (Å²) in [6.45, 7) is 1.77. The van der Waals surface area contributed by atoms with Gasteiger partial charge in [0.15, 0.2) is 6.10 Å². The van der Waals surface area contributed by atoms with Crippen LogP contribution in [0.25, 0.3) is 11.0 Å². The molecule has 0 spiro atoms. The Morgan fingerprint density at radius 3 is 2.69 bits per heavy atom. The zero-order valence-corrected chi connectivity index (χ0v) is 16.9. The number of hydrogen-bond acceptors (Lipinski definition) is 6. The van der Waals surface area contributed by atoms with Crippen LogP contribution in [0.4, 0.5) is 0 Å². The van der Waals surface area contributed by atoms with Gasteiger partial charge in [-0.15, -0.1) is 0 Å². The number of ether oxygens (including phenoxy) is 2. The van der Waals surface area contributed by atoms with Crippen LogP contribution >= 0.6 is 23.2 Å². The van der Waals surface area contributed by atoms with Crippen molar-refractivity contribution in [2.24, 2.45) is 0 Å². The van der Waals surface area contributed by atoms with Gasteiger partial charge in [0.2, 0.25) is 5.88 Å². The van der Waals surface area contributed by atoms with E-state index in [0.717, 1.165) is 0 Å². The molecule has 7 nitrogen and oxygen atoms in total. The third kappa shape index (κ3) is 6.05. The quantitative estimate of drug-likeness (QED) is 0.411. The van der Waals surface area contributed by atoms with Gasteiger partial charge in [0.05, 0.1) is 23.8 Å². The van der Waals surface area contributed by atoms with Crippen LogP contribution < -0.4 is 15.0 Å². The topological polar surface area (TPSA) is 82.6 Å². The van der Waals surface area contributed by atoms with Gasteiger partial charge in [0, 0.05) is 10.6 Å². The summed E-state index contributed by atoms with van der Waals surface area (Å²) in [5, 5.41) is 0.595. The zero-order chi connectivity index (χ0) is 20.6. The minimum atomic E-state index is -0.750. The van der Waals surface area contributed by atoms with E-state index in [2.05, 4.69) is 15.4 Å². The molecule has 0 radical (unpaired) electrons. The molecule has 1 N–H and O–H groups in total. The summed E-state index contributed by atoms with van der Waals surface area (Å²) in [5.41, 5.74) is 4.94. The van der Waals surface area contributed by atoms with Gasteiger partial charge in [0.25, 0.3) is 5.91 Å². The molecule has 0 saturated heterocycles. The molecule has 150 valence electrons. The molecule has 0 aliphatic heterocycles. The highest BCUT2D eigenvalue weighted by molar-refractivity contribution is 6.31. The lowest BCUT2D eigenvalue weighted by molar-refractivity contribution is -0.139. The molecule has 0 saturated carbocycles. The maximum Gasteiger partial charge on any atom is 0.284 e. The number of carbonyl (C=O) groups is 1. The van der Waals surface area contributed by atoms with E-state index < -0.39 is 12.0 Å². The molecule has 1 aromatic heterocycles. The predicted octanol–water partition coefficient (Wildman–Crippen LogP) is 4.64. The first-order valence-corrected chi connectivity index (χ1v) is 9.40. The molecule has 9 heteroatoms. The molecule has 0 fully saturated rings. The molecular weight excluding hydrogens is 417 g/mol. The van der Waals surface area contributed by atoms with Crippen molar-refractivity contribution in [3.05, 3.63) is 65.3 Å². The van der Waals surface area contributed by atoms with E-state index in [-0.39, 0.29) is 6.61 Å². The van der Waals surface area contributed by atoms with Crippen molar-refractivity contribution in [3.63, 3.8) is 0 Å². The molecule has 3 aromatic rings. The average molecular weight is 434 g/mol. The number of fused-ring (bicyclic) bond motifs is 1. The van der Waals surface area contributed by atoms with Gasteiger partial charge in [-0.1, -0.05) is 23.2 Å². The Morgan fingerprint density at radius 1 is 1.17 bits per heavy atom. The lowest BCUT2D eigenvalue weighted by Gasteiger charge is -2.14. The molecule has 2 aromatic carbocycles. The molecule has 3 rings (SSSR count). The van der Waals surface area contributed by atoms with Crippen LogP contribution in [0.2, 0.25) is 5.02 Å². The van der Waals surface area contributed by atoms with E-state index in [1.807, 2.05) is 0 Å². The summed E-state index contributed by atoms with van der Waals surface area (Å²) in [7, 11) is 0. The van der Waals surface area contributed by atoms with E-state index in [0.29, 0.717) is 33.4 Å². The van der Waals surface area contributed by atoms with E-state index in [1.54, 1.807) is 55.5 Å². The Labute approximate surface area is 177 Å². The third-order valence-electron chi connectivity index (χ3n) is 3.65. The number of rotatable bonds is 8. The Bertz CT molecular complexity index is 1010. The van der Waals surface area contributed by atoms with Crippen molar-refractivity contribution in [1.82, 2.24) is 15.4 Å². The summed E-state index contributed by atoms with van der Waals surface area (Å²) in [6.07, 6.45) is 2.32. The largest absolute Gasteiger partial charge is 0.481 e. The van der Waals surface area contributed by atoms with Gasteiger partial charge in [-0.3, -0.25) is 9.63 Å². The number of hydrogen-bond donors (Lipinski definition) is 1. The standard InChI is InChI=1S/C20H17Cl2N3O4/c1-13(20(26)25-27-10-2-9-21)28-15-4-6-16(7-5-15)29-19-12-23-18-11-14(22)3-8-17(18)24-19/h2-9,11-13H,10H2,1H3,(H,25,26)/b9-2+/t13-/m1/s1. The molecule has 29 heavy (non-hydrogen) atoms. The minimum absolute atomic E-state index is 0.165. The number of hydroxylamine groups is 1. The van der Waals surface area contributed by atoms with Crippen LogP contribution in [-0.2, 0) is 9.63 Å². The van der Waals surface area contributed by atoms with Crippen molar-refractivity contribution in [3.8, 4) is 17.4 Å². The summed E-state index contributed by atoms with van der Waals surface area (Å²) in [5.74, 6) is 0.984. The van der Waals surface area contributed by atoms with E-state index in [4.69, 9.17) is 37.5 Å². The summed E-state index contributed by atoms with van der Waals surface area (Å²) < 4.78 is 11.3. The van der Waals surface area contributed by atoms with E-state index in [1.165, 1.54) is 11.7 Å². The lowest BCUT2D eigenvalue weighted by Crippen LogP contribution is -2.36. The highest BCUT2D eigenvalue weighted by Gasteiger charge is 2.14. The van der Waals surface area contributed by atoms with Gasteiger partial charge < -0.3 is 9.47 Å². The van der Waals surface area contributed by atoms with Crippen molar-refractivity contribution in [1.29, 1.82) is 0 Å². The van der Waals surface area contributed by atoms with Crippen LogP contribution in [0.5, 0.6) is 17.4 Å². The molecule has 0 unspecified atom stereocenters. The number of benzene rings is 2. The fourth-order valence-electron chi connectivity index (χ4n) is 2.26. The predicted molar refractivity (Wildman–Crippen MR) is 110 cm³/mol. The van der Waals surface area contributed by atoms with E-state index >= 15 is 0 Å². The summed E-state index contributed by atoms with van der Waals surface area (Å²) >= 11 is 11.3. The maximum absolute atomic E-state index is 11.9. The van der Waals surface area contributed by atoms with Gasteiger partial charge in [0.1, 0.15) is 11.5 Å². The van der Waals surface area contributed by atoms with E-state index in [9.17, 15) is 4.79 Å². The highest BCUT2D eigenvalue weighted by atomic mass is 35.5. The molecule has 1 atom stereocenters. The van der Waals surface area contributed by atoms with Gasteiger partial charge in [-0.05, 0) is 55.5 Å². The van der Waals surface area contributed by atoms with Crippen molar-refractivity contribution >= 4 is 40.1 Å². The number of carbonyl (C=O) groups excluding carboxylic acids is 1. The Kier molecular flexibility index (Phi) is 7.24. The second-order valence-corrected chi connectivity index (χ2v) is 6.50.